The summed E-state index contributed by atoms with van der Waals surface area (Å²) < 4.78 is 39.8. The normalized spacial score (nSPS) is 18.1. The Labute approximate surface area is 180 Å². The van der Waals surface area contributed by atoms with Crippen LogP contribution in [-0.2, 0) is 14.8 Å². The van der Waals surface area contributed by atoms with Crippen molar-refractivity contribution in [2.45, 2.75) is 17.7 Å². The number of anilines is 2. The van der Waals surface area contributed by atoms with Crippen molar-refractivity contribution in [2.24, 2.45) is 5.92 Å². The quantitative estimate of drug-likeness (QED) is 0.737. The number of amides is 3. The number of rotatable bonds is 5. The van der Waals surface area contributed by atoms with E-state index in [2.05, 4.69) is 10.6 Å². The second-order valence-electron chi connectivity index (χ2n) is 7.55. The molecule has 0 aliphatic carbocycles. The molecule has 2 aliphatic heterocycles. The molecule has 164 valence electrons. The molecule has 4 rings (SSSR count). The molecule has 0 radical (unpaired) electrons. The van der Waals surface area contributed by atoms with Gasteiger partial charge in [-0.1, -0.05) is 0 Å². The summed E-state index contributed by atoms with van der Waals surface area (Å²) in [5.74, 6) is -0.958. The molecule has 10 heteroatoms. The van der Waals surface area contributed by atoms with E-state index in [4.69, 9.17) is 0 Å². The Morgan fingerprint density at radius 2 is 1.65 bits per heavy atom. The summed E-state index contributed by atoms with van der Waals surface area (Å²) in [6.45, 7) is 1.65. The smallest absolute Gasteiger partial charge is 0.321 e. The molecule has 3 amide bonds. The second kappa shape index (κ2) is 8.64. The molecule has 0 atom stereocenters. The topological polar surface area (TPSA) is 98.8 Å². The van der Waals surface area contributed by atoms with E-state index in [0.717, 1.165) is 17.8 Å². The summed E-state index contributed by atoms with van der Waals surface area (Å²) in [4.78, 5) is 26.0. The Morgan fingerprint density at radius 3 is 2.23 bits per heavy atom. The molecular formula is C21H23FN4O4S. The number of sulfonamides is 1. The SMILES string of the molecule is O=C(Nc1ccc(N2CCNC2=O)cc1)C1CCN(S(=O)(=O)c2ccc(F)cc2)CC1. The number of piperidine rings is 1. The van der Waals surface area contributed by atoms with Crippen LogP contribution in [0.25, 0.3) is 0 Å². The predicted octanol–water partition coefficient (Wildman–Crippen LogP) is 2.39. The molecule has 0 bridgehead atoms. The van der Waals surface area contributed by atoms with Crippen molar-refractivity contribution in [3.05, 3.63) is 54.3 Å². The summed E-state index contributed by atoms with van der Waals surface area (Å²) in [6.07, 6.45) is 0.802. The third-order valence-corrected chi connectivity index (χ3v) is 7.49. The minimum Gasteiger partial charge on any atom is -0.336 e. The van der Waals surface area contributed by atoms with Crippen LogP contribution in [0.2, 0.25) is 0 Å². The van der Waals surface area contributed by atoms with Crippen molar-refractivity contribution in [3.8, 4) is 0 Å². The van der Waals surface area contributed by atoms with E-state index >= 15 is 0 Å². The Bertz CT molecular complexity index is 1070. The number of urea groups is 1. The highest BCUT2D eigenvalue weighted by atomic mass is 32.2. The predicted molar refractivity (Wildman–Crippen MR) is 114 cm³/mol. The van der Waals surface area contributed by atoms with Gasteiger partial charge in [-0.15, -0.1) is 0 Å². The molecule has 0 aromatic heterocycles. The summed E-state index contributed by atoms with van der Waals surface area (Å²) in [5, 5.41) is 5.60. The van der Waals surface area contributed by atoms with E-state index in [1.54, 1.807) is 29.2 Å². The summed E-state index contributed by atoms with van der Waals surface area (Å²) in [7, 11) is -3.71. The Balaban J connectivity index is 1.33. The van der Waals surface area contributed by atoms with Gasteiger partial charge in [-0.3, -0.25) is 9.69 Å². The highest BCUT2D eigenvalue weighted by Gasteiger charge is 2.32. The van der Waals surface area contributed by atoms with Crippen molar-refractivity contribution in [2.75, 3.05) is 36.4 Å². The average molecular weight is 447 g/mol. The van der Waals surface area contributed by atoms with Crippen molar-refractivity contribution in [1.82, 2.24) is 9.62 Å². The van der Waals surface area contributed by atoms with Crippen molar-refractivity contribution in [3.63, 3.8) is 0 Å². The molecule has 2 fully saturated rings. The Morgan fingerprint density at radius 1 is 1.00 bits per heavy atom. The van der Waals surface area contributed by atoms with E-state index in [9.17, 15) is 22.4 Å². The van der Waals surface area contributed by atoms with E-state index in [0.29, 0.717) is 31.6 Å². The minimum atomic E-state index is -3.71. The highest BCUT2D eigenvalue weighted by Crippen LogP contribution is 2.26. The molecule has 2 aliphatic rings. The maximum Gasteiger partial charge on any atom is 0.321 e. The van der Waals surface area contributed by atoms with Crippen LogP contribution in [0.5, 0.6) is 0 Å². The van der Waals surface area contributed by atoms with Gasteiger partial charge in [0, 0.05) is 43.5 Å². The van der Waals surface area contributed by atoms with Crippen molar-refractivity contribution < 1.29 is 22.4 Å². The summed E-state index contributed by atoms with van der Waals surface area (Å²) >= 11 is 0. The van der Waals surface area contributed by atoms with Crippen LogP contribution < -0.4 is 15.5 Å². The third-order valence-electron chi connectivity index (χ3n) is 5.58. The molecule has 2 N–H and O–H groups in total. The largest absolute Gasteiger partial charge is 0.336 e. The molecule has 31 heavy (non-hydrogen) atoms. The van der Waals surface area contributed by atoms with Gasteiger partial charge in [0.25, 0.3) is 0 Å². The fourth-order valence-corrected chi connectivity index (χ4v) is 5.27. The lowest BCUT2D eigenvalue weighted by Gasteiger charge is -2.30. The molecule has 2 aromatic carbocycles. The standard InChI is InChI=1S/C21H23FN4O4S/c22-16-1-7-19(8-2-16)31(29,30)25-12-9-15(10-13-25)20(27)24-17-3-5-18(6-4-17)26-14-11-23-21(26)28/h1-8,15H,9-14H2,(H,23,28)(H,24,27). The Kier molecular flexibility index (Phi) is 5.92. The van der Waals surface area contributed by atoms with Gasteiger partial charge in [-0.2, -0.15) is 4.31 Å². The van der Waals surface area contributed by atoms with Crippen LogP contribution in [0.1, 0.15) is 12.8 Å². The number of carbonyl (C=O) groups is 2. The lowest BCUT2D eigenvalue weighted by Crippen LogP contribution is -2.41. The molecule has 2 saturated heterocycles. The van der Waals surface area contributed by atoms with Gasteiger partial charge in [0.2, 0.25) is 15.9 Å². The second-order valence-corrected chi connectivity index (χ2v) is 9.49. The lowest BCUT2D eigenvalue weighted by molar-refractivity contribution is -0.120. The highest BCUT2D eigenvalue weighted by molar-refractivity contribution is 7.89. The van der Waals surface area contributed by atoms with Crippen LogP contribution in [0.15, 0.2) is 53.4 Å². The number of nitrogens with zero attached hydrogens (tertiary/aromatic N) is 2. The fourth-order valence-electron chi connectivity index (χ4n) is 3.80. The maximum atomic E-state index is 13.1. The Hall–Kier alpha value is -2.98. The molecule has 0 unspecified atom stereocenters. The summed E-state index contributed by atoms with van der Waals surface area (Å²) in [5.41, 5.74) is 1.38. The molecule has 0 spiro atoms. The van der Waals surface area contributed by atoms with Gasteiger partial charge in [-0.05, 0) is 61.4 Å². The van der Waals surface area contributed by atoms with Gasteiger partial charge in [0.1, 0.15) is 5.82 Å². The molecule has 8 nitrogen and oxygen atoms in total. The van der Waals surface area contributed by atoms with Crippen molar-refractivity contribution in [1.29, 1.82) is 0 Å². The van der Waals surface area contributed by atoms with Crippen LogP contribution in [0.3, 0.4) is 0 Å². The lowest BCUT2D eigenvalue weighted by atomic mass is 9.97. The van der Waals surface area contributed by atoms with Gasteiger partial charge < -0.3 is 10.6 Å². The third kappa shape index (κ3) is 4.54. The van der Waals surface area contributed by atoms with E-state index in [1.807, 2.05) is 0 Å². The zero-order chi connectivity index (χ0) is 22.0. The number of benzene rings is 2. The van der Waals surface area contributed by atoms with Crippen LogP contribution >= 0.6 is 0 Å². The number of nitrogens with one attached hydrogen (secondary N) is 2. The van der Waals surface area contributed by atoms with E-state index in [-0.39, 0.29) is 35.8 Å². The molecule has 2 aromatic rings. The first kappa shape index (κ1) is 21.3. The summed E-state index contributed by atoms with van der Waals surface area (Å²) in [6, 6.07) is 11.6. The van der Waals surface area contributed by atoms with Gasteiger partial charge >= 0.3 is 6.03 Å². The average Bonchev–Trinajstić information content (AvgIpc) is 3.20. The number of hydrogen-bond donors (Lipinski definition) is 2. The first-order chi connectivity index (χ1) is 14.8. The van der Waals surface area contributed by atoms with Crippen LogP contribution in [0.4, 0.5) is 20.6 Å². The molecular weight excluding hydrogens is 423 g/mol. The van der Waals surface area contributed by atoms with Crippen LogP contribution in [-0.4, -0.2) is 50.8 Å². The maximum absolute atomic E-state index is 13.1. The number of halogens is 1. The van der Waals surface area contributed by atoms with Gasteiger partial charge in [0.15, 0.2) is 0 Å². The monoisotopic (exact) mass is 446 g/mol. The minimum absolute atomic E-state index is 0.0450. The molecule has 2 heterocycles. The number of carbonyl (C=O) groups excluding carboxylic acids is 2. The van der Waals surface area contributed by atoms with Crippen LogP contribution in [0, 0.1) is 11.7 Å². The van der Waals surface area contributed by atoms with E-state index < -0.39 is 15.8 Å². The first-order valence-electron chi connectivity index (χ1n) is 10.1. The van der Waals surface area contributed by atoms with Gasteiger partial charge in [0.05, 0.1) is 4.90 Å². The fraction of sp³-hybridized carbons (Fsp3) is 0.333. The first-order valence-corrected chi connectivity index (χ1v) is 11.5. The van der Waals surface area contributed by atoms with E-state index in [1.165, 1.54) is 16.4 Å². The zero-order valence-electron chi connectivity index (χ0n) is 16.8. The molecule has 0 saturated carbocycles. The number of hydrogen-bond acceptors (Lipinski definition) is 4. The zero-order valence-corrected chi connectivity index (χ0v) is 17.6. The van der Waals surface area contributed by atoms with Crippen molar-refractivity contribution >= 4 is 33.3 Å². The van der Waals surface area contributed by atoms with Gasteiger partial charge in [-0.25, -0.2) is 17.6 Å².